The number of amides is 1. The van der Waals surface area contributed by atoms with Crippen molar-refractivity contribution in [1.29, 1.82) is 0 Å². The van der Waals surface area contributed by atoms with Crippen LogP contribution in [0.4, 0.5) is 11.4 Å². The maximum Gasteiger partial charge on any atom is 0.272 e. The van der Waals surface area contributed by atoms with Crippen LogP contribution in [-0.4, -0.2) is 35.4 Å². The maximum atomic E-state index is 11.8. The predicted molar refractivity (Wildman–Crippen MR) is 74.3 cm³/mol. The number of nitrogens with zero attached hydrogens (tertiary/aromatic N) is 2. The number of carbonyl (C=O) groups is 1. The van der Waals surface area contributed by atoms with Gasteiger partial charge in [-0.1, -0.05) is 0 Å². The summed E-state index contributed by atoms with van der Waals surface area (Å²) in [6.07, 6.45) is 0. The molecule has 0 bridgehead atoms. The summed E-state index contributed by atoms with van der Waals surface area (Å²) in [7, 11) is 0. The number of hydrogen-bond donors (Lipinski definition) is 1. The second kappa shape index (κ2) is 6.72. The molecule has 0 aromatic heterocycles. The van der Waals surface area contributed by atoms with Crippen molar-refractivity contribution in [3.8, 4) is 0 Å². The largest absolute Gasteiger partial charge is 0.376 e. The quantitative estimate of drug-likeness (QED) is 0.632. The Hall–Kier alpha value is -2.11. The van der Waals surface area contributed by atoms with Gasteiger partial charge in [0.1, 0.15) is 0 Å². The molecule has 0 spiro atoms. The zero-order valence-corrected chi connectivity index (χ0v) is 11.5. The van der Waals surface area contributed by atoms with E-state index in [0.717, 1.165) is 0 Å². The summed E-state index contributed by atoms with van der Waals surface area (Å²) in [6.45, 7) is 7.08. The number of nitro groups is 1. The first-order valence-electron chi connectivity index (χ1n) is 6.26. The van der Waals surface area contributed by atoms with E-state index in [2.05, 4.69) is 5.32 Å². The molecule has 0 radical (unpaired) electrons. The number of aryl methyl sites for hydroxylation is 1. The van der Waals surface area contributed by atoms with Gasteiger partial charge in [0.15, 0.2) is 0 Å². The number of nitrogens with one attached hydrogen (secondary N) is 1. The van der Waals surface area contributed by atoms with Crippen molar-refractivity contribution in [2.75, 3.05) is 25.0 Å². The molecule has 1 N–H and O–H groups in total. The van der Waals surface area contributed by atoms with Gasteiger partial charge in [-0.05, 0) is 32.9 Å². The van der Waals surface area contributed by atoms with Crippen LogP contribution in [0.3, 0.4) is 0 Å². The van der Waals surface area contributed by atoms with E-state index in [1.54, 1.807) is 24.0 Å². The smallest absolute Gasteiger partial charge is 0.272 e. The average molecular weight is 265 g/mol. The summed E-state index contributed by atoms with van der Waals surface area (Å²) < 4.78 is 0. The van der Waals surface area contributed by atoms with Crippen LogP contribution in [0, 0.1) is 17.0 Å². The van der Waals surface area contributed by atoms with Crippen LogP contribution in [0.15, 0.2) is 18.2 Å². The summed E-state index contributed by atoms with van der Waals surface area (Å²) in [4.78, 5) is 23.8. The average Bonchev–Trinajstić information content (AvgIpc) is 2.37. The van der Waals surface area contributed by atoms with Gasteiger partial charge in [-0.25, -0.2) is 0 Å². The van der Waals surface area contributed by atoms with E-state index in [1.807, 2.05) is 13.8 Å². The zero-order valence-electron chi connectivity index (χ0n) is 11.5. The third-order valence-corrected chi connectivity index (χ3v) is 2.95. The normalized spacial score (nSPS) is 10.1. The predicted octanol–water partition coefficient (Wildman–Crippen LogP) is 2.18. The van der Waals surface area contributed by atoms with Crippen LogP contribution < -0.4 is 5.32 Å². The molecule has 0 heterocycles. The van der Waals surface area contributed by atoms with Crippen molar-refractivity contribution in [3.63, 3.8) is 0 Å². The Labute approximate surface area is 112 Å². The van der Waals surface area contributed by atoms with Gasteiger partial charge in [0, 0.05) is 30.4 Å². The number of likely N-dealkylation sites (N-methyl/N-ethyl adjacent to an activating group) is 1. The molecule has 0 atom stereocenters. The monoisotopic (exact) mass is 265 g/mol. The molecule has 1 aromatic carbocycles. The van der Waals surface area contributed by atoms with E-state index < -0.39 is 4.92 Å². The summed E-state index contributed by atoms with van der Waals surface area (Å²) in [5.41, 5.74) is 1.37. The lowest BCUT2D eigenvalue weighted by Gasteiger charge is -2.19. The van der Waals surface area contributed by atoms with Gasteiger partial charge in [-0.3, -0.25) is 14.9 Å². The van der Waals surface area contributed by atoms with Crippen LogP contribution in [0.25, 0.3) is 0 Å². The molecule has 6 heteroatoms. The van der Waals surface area contributed by atoms with Crippen LogP contribution in [0.2, 0.25) is 0 Å². The number of anilines is 1. The standard InChI is InChI=1S/C13H19N3O3/c1-4-15(5-2)13(17)9-14-11-6-7-12(16(18)19)10(3)8-11/h6-8,14H,4-5,9H2,1-3H3. The van der Waals surface area contributed by atoms with E-state index in [4.69, 9.17) is 0 Å². The molecule has 0 saturated carbocycles. The van der Waals surface area contributed by atoms with Gasteiger partial charge in [-0.2, -0.15) is 0 Å². The highest BCUT2D eigenvalue weighted by atomic mass is 16.6. The third-order valence-electron chi connectivity index (χ3n) is 2.95. The zero-order chi connectivity index (χ0) is 14.4. The van der Waals surface area contributed by atoms with E-state index >= 15 is 0 Å². The highest BCUT2D eigenvalue weighted by Gasteiger charge is 2.12. The highest BCUT2D eigenvalue weighted by molar-refractivity contribution is 5.80. The van der Waals surface area contributed by atoms with E-state index in [0.29, 0.717) is 24.3 Å². The fraction of sp³-hybridized carbons (Fsp3) is 0.462. The first-order chi connectivity index (χ1) is 8.99. The fourth-order valence-corrected chi connectivity index (χ4v) is 1.84. The SMILES string of the molecule is CCN(CC)C(=O)CNc1ccc([N+](=O)[O-])c(C)c1. The lowest BCUT2D eigenvalue weighted by atomic mass is 10.2. The molecule has 19 heavy (non-hydrogen) atoms. The van der Waals surface area contributed by atoms with Gasteiger partial charge < -0.3 is 10.2 Å². The van der Waals surface area contributed by atoms with Crippen LogP contribution in [0.1, 0.15) is 19.4 Å². The molecule has 1 aromatic rings. The first kappa shape index (κ1) is 14.9. The number of nitro benzene ring substituents is 1. The van der Waals surface area contributed by atoms with Crippen molar-refractivity contribution in [3.05, 3.63) is 33.9 Å². The van der Waals surface area contributed by atoms with Crippen molar-refractivity contribution in [2.45, 2.75) is 20.8 Å². The van der Waals surface area contributed by atoms with Crippen molar-refractivity contribution in [2.24, 2.45) is 0 Å². The Morgan fingerprint density at radius 3 is 2.47 bits per heavy atom. The lowest BCUT2D eigenvalue weighted by Crippen LogP contribution is -2.35. The van der Waals surface area contributed by atoms with Crippen molar-refractivity contribution < 1.29 is 9.72 Å². The minimum atomic E-state index is -0.417. The summed E-state index contributed by atoms with van der Waals surface area (Å²) in [6, 6.07) is 4.73. The fourth-order valence-electron chi connectivity index (χ4n) is 1.84. The second-order valence-corrected chi connectivity index (χ2v) is 4.18. The van der Waals surface area contributed by atoms with Gasteiger partial charge in [0.25, 0.3) is 5.69 Å². The molecular weight excluding hydrogens is 246 g/mol. The Morgan fingerprint density at radius 1 is 1.37 bits per heavy atom. The maximum absolute atomic E-state index is 11.8. The topological polar surface area (TPSA) is 75.5 Å². The van der Waals surface area contributed by atoms with Crippen molar-refractivity contribution in [1.82, 2.24) is 4.90 Å². The van der Waals surface area contributed by atoms with Gasteiger partial charge >= 0.3 is 0 Å². The minimum Gasteiger partial charge on any atom is -0.376 e. The lowest BCUT2D eigenvalue weighted by molar-refractivity contribution is -0.385. The number of rotatable bonds is 6. The van der Waals surface area contributed by atoms with E-state index in [-0.39, 0.29) is 18.1 Å². The minimum absolute atomic E-state index is 0.0148. The molecule has 104 valence electrons. The molecule has 0 unspecified atom stereocenters. The molecule has 1 amide bonds. The number of hydrogen-bond acceptors (Lipinski definition) is 4. The summed E-state index contributed by atoms with van der Waals surface area (Å²) in [5, 5.41) is 13.7. The molecule has 0 saturated heterocycles. The Bertz CT molecular complexity index is 470. The highest BCUT2D eigenvalue weighted by Crippen LogP contribution is 2.21. The molecule has 0 fully saturated rings. The number of carbonyl (C=O) groups excluding carboxylic acids is 1. The van der Waals surface area contributed by atoms with Gasteiger partial charge in [0.05, 0.1) is 11.5 Å². The van der Waals surface area contributed by atoms with E-state index in [1.165, 1.54) is 6.07 Å². The molecule has 0 aliphatic carbocycles. The van der Waals surface area contributed by atoms with Crippen molar-refractivity contribution >= 4 is 17.3 Å². The molecule has 0 aliphatic rings. The Morgan fingerprint density at radius 2 is 2.00 bits per heavy atom. The summed E-state index contributed by atoms with van der Waals surface area (Å²) >= 11 is 0. The first-order valence-corrected chi connectivity index (χ1v) is 6.26. The van der Waals surface area contributed by atoms with Crippen LogP contribution in [-0.2, 0) is 4.79 Å². The summed E-state index contributed by atoms with van der Waals surface area (Å²) in [5.74, 6) is 0.0148. The van der Waals surface area contributed by atoms with Crippen LogP contribution in [0.5, 0.6) is 0 Å². The second-order valence-electron chi connectivity index (χ2n) is 4.18. The molecular formula is C13H19N3O3. The third kappa shape index (κ3) is 3.94. The van der Waals surface area contributed by atoms with Gasteiger partial charge in [0.2, 0.25) is 5.91 Å². The molecule has 1 rings (SSSR count). The number of benzene rings is 1. The Balaban J connectivity index is 2.66. The molecule has 0 aliphatic heterocycles. The molecule has 6 nitrogen and oxygen atoms in total. The van der Waals surface area contributed by atoms with E-state index in [9.17, 15) is 14.9 Å². The van der Waals surface area contributed by atoms with Gasteiger partial charge in [-0.15, -0.1) is 0 Å². The Kier molecular flexibility index (Phi) is 5.29. The van der Waals surface area contributed by atoms with Crippen LogP contribution >= 0.6 is 0 Å².